The predicted octanol–water partition coefficient (Wildman–Crippen LogP) is 2.56. The van der Waals surface area contributed by atoms with E-state index in [1.54, 1.807) is 6.08 Å². The van der Waals surface area contributed by atoms with E-state index in [-0.39, 0.29) is 0 Å². The van der Waals surface area contributed by atoms with Crippen LogP contribution in [0.25, 0.3) is 6.08 Å². The van der Waals surface area contributed by atoms with Crippen LogP contribution in [0.5, 0.6) is 0 Å². The number of aryl methyl sites for hydroxylation is 1. The molecule has 0 saturated heterocycles. The van der Waals surface area contributed by atoms with E-state index in [0.29, 0.717) is 6.04 Å². The summed E-state index contributed by atoms with van der Waals surface area (Å²) in [6.45, 7) is 2.22. The van der Waals surface area contributed by atoms with E-state index in [2.05, 4.69) is 31.0 Å². The standard InChI is InChI=1S/C14H17NO2/c1-10-3-6-12-9-11(5-8-14(16)17)4-7-13(12)15(10)2/h4-5,7-10H,3,6H2,1-2H3,(H,16,17)/b8-5+. The molecule has 1 aliphatic rings. The molecule has 0 spiro atoms. The van der Waals surface area contributed by atoms with Gasteiger partial charge in [-0.15, -0.1) is 0 Å². The average Bonchev–Trinajstić information content (AvgIpc) is 2.31. The Kier molecular flexibility index (Phi) is 3.18. The number of benzene rings is 1. The normalized spacial score (nSPS) is 19.4. The molecule has 1 aromatic carbocycles. The Labute approximate surface area is 101 Å². The first-order valence-corrected chi connectivity index (χ1v) is 5.84. The first-order valence-electron chi connectivity index (χ1n) is 5.84. The van der Waals surface area contributed by atoms with Crippen LogP contribution < -0.4 is 4.90 Å². The number of carbonyl (C=O) groups is 1. The maximum atomic E-state index is 10.5. The highest BCUT2D eigenvalue weighted by Gasteiger charge is 2.19. The molecule has 1 unspecified atom stereocenters. The summed E-state index contributed by atoms with van der Waals surface area (Å²) < 4.78 is 0. The Morgan fingerprint density at radius 3 is 3.00 bits per heavy atom. The summed E-state index contributed by atoms with van der Waals surface area (Å²) in [4.78, 5) is 12.7. The van der Waals surface area contributed by atoms with Gasteiger partial charge in [-0.05, 0) is 49.1 Å². The van der Waals surface area contributed by atoms with Crippen molar-refractivity contribution in [2.75, 3.05) is 11.9 Å². The quantitative estimate of drug-likeness (QED) is 0.795. The van der Waals surface area contributed by atoms with Crippen LogP contribution in [0.2, 0.25) is 0 Å². The molecule has 0 bridgehead atoms. The minimum absolute atomic E-state index is 0.572. The lowest BCUT2D eigenvalue weighted by atomic mass is 9.95. The van der Waals surface area contributed by atoms with Crippen molar-refractivity contribution >= 4 is 17.7 Å². The second-order valence-corrected chi connectivity index (χ2v) is 4.56. The van der Waals surface area contributed by atoms with Crippen LogP contribution in [0.15, 0.2) is 24.3 Å². The number of aliphatic carboxylic acids is 1. The highest BCUT2D eigenvalue weighted by molar-refractivity contribution is 5.85. The summed E-state index contributed by atoms with van der Waals surface area (Å²) in [6.07, 6.45) is 5.03. The van der Waals surface area contributed by atoms with Gasteiger partial charge < -0.3 is 10.0 Å². The lowest BCUT2D eigenvalue weighted by Gasteiger charge is -2.34. The molecule has 2 rings (SSSR count). The molecule has 1 aromatic rings. The Hall–Kier alpha value is -1.77. The van der Waals surface area contributed by atoms with E-state index >= 15 is 0 Å². The maximum Gasteiger partial charge on any atom is 0.328 e. The van der Waals surface area contributed by atoms with Gasteiger partial charge in [0, 0.05) is 24.9 Å². The topological polar surface area (TPSA) is 40.5 Å². The van der Waals surface area contributed by atoms with E-state index in [1.807, 2.05) is 6.07 Å². The number of nitrogens with zero attached hydrogens (tertiary/aromatic N) is 1. The summed E-state index contributed by atoms with van der Waals surface area (Å²) in [5, 5.41) is 8.59. The van der Waals surface area contributed by atoms with Crippen molar-refractivity contribution < 1.29 is 9.90 Å². The second-order valence-electron chi connectivity index (χ2n) is 4.56. The first kappa shape index (κ1) is 11.7. The summed E-state index contributed by atoms with van der Waals surface area (Å²) in [5.41, 5.74) is 3.52. The summed E-state index contributed by atoms with van der Waals surface area (Å²) in [6, 6.07) is 6.69. The van der Waals surface area contributed by atoms with Crippen LogP contribution in [-0.4, -0.2) is 24.2 Å². The Balaban J connectivity index is 2.29. The van der Waals surface area contributed by atoms with E-state index in [1.165, 1.54) is 17.3 Å². The fraction of sp³-hybridized carbons (Fsp3) is 0.357. The summed E-state index contributed by atoms with van der Waals surface area (Å²) >= 11 is 0. The number of carboxylic acids is 1. The van der Waals surface area contributed by atoms with Crippen LogP contribution in [-0.2, 0) is 11.2 Å². The van der Waals surface area contributed by atoms with Crippen molar-refractivity contribution in [3.05, 3.63) is 35.4 Å². The highest BCUT2D eigenvalue weighted by atomic mass is 16.4. The Morgan fingerprint density at radius 2 is 2.29 bits per heavy atom. The molecule has 0 aliphatic carbocycles. The molecule has 90 valence electrons. The van der Waals surface area contributed by atoms with Crippen LogP contribution in [0.4, 0.5) is 5.69 Å². The molecule has 0 amide bonds. The van der Waals surface area contributed by atoms with Gasteiger partial charge >= 0.3 is 5.97 Å². The lowest BCUT2D eigenvalue weighted by Crippen LogP contribution is -2.33. The van der Waals surface area contributed by atoms with Crippen LogP contribution in [0.1, 0.15) is 24.5 Å². The Morgan fingerprint density at radius 1 is 1.53 bits per heavy atom. The zero-order valence-corrected chi connectivity index (χ0v) is 10.2. The smallest absolute Gasteiger partial charge is 0.328 e. The predicted molar refractivity (Wildman–Crippen MR) is 69.3 cm³/mol. The fourth-order valence-corrected chi connectivity index (χ4v) is 2.22. The van der Waals surface area contributed by atoms with E-state index < -0.39 is 5.97 Å². The molecule has 3 nitrogen and oxygen atoms in total. The van der Waals surface area contributed by atoms with Gasteiger partial charge in [-0.25, -0.2) is 4.79 Å². The molecule has 1 heterocycles. The highest BCUT2D eigenvalue weighted by Crippen LogP contribution is 2.30. The van der Waals surface area contributed by atoms with Gasteiger partial charge in [-0.3, -0.25) is 0 Å². The molecule has 1 aliphatic heterocycles. The summed E-state index contributed by atoms with van der Waals surface area (Å²) in [5.74, 6) is -0.909. The van der Waals surface area contributed by atoms with Gasteiger partial charge in [0.15, 0.2) is 0 Å². The molecule has 1 N–H and O–H groups in total. The largest absolute Gasteiger partial charge is 0.478 e. The molecular weight excluding hydrogens is 214 g/mol. The average molecular weight is 231 g/mol. The molecule has 17 heavy (non-hydrogen) atoms. The summed E-state index contributed by atoms with van der Waals surface area (Å²) in [7, 11) is 2.11. The molecule has 0 radical (unpaired) electrons. The van der Waals surface area contributed by atoms with Crippen LogP contribution in [0.3, 0.4) is 0 Å². The third-order valence-corrected chi connectivity index (χ3v) is 3.39. The van der Waals surface area contributed by atoms with Crippen molar-refractivity contribution in [3.63, 3.8) is 0 Å². The number of rotatable bonds is 2. The minimum Gasteiger partial charge on any atom is -0.478 e. The van der Waals surface area contributed by atoms with Crippen molar-refractivity contribution in [3.8, 4) is 0 Å². The van der Waals surface area contributed by atoms with Gasteiger partial charge in [0.2, 0.25) is 0 Å². The Bertz CT molecular complexity index is 465. The fourth-order valence-electron chi connectivity index (χ4n) is 2.22. The van der Waals surface area contributed by atoms with E-state index in [4.69, 9.17) is 5.11 Å². The number of fused-ring (bicyclic) bond motifs is 1. The third kappa shape index (κ3) is 2.49. The minimum atomic E-state index is -0.909. The number of hydrogen-bond donors (Lipinski definition) is 1. The van der Waals surface area contributed by atoms with Crippen LogP contribution >= 0.6 is 0 Å². The SMILES string of the molecule is CC1CCc2cc(/C=C/C(=O)O)ccc2N1C. The molecule has 0 aromatic heterocycles. The molecular formula is C14H17NO2. The van der Waals surface area contributed by atoms with E-state index in [9.17, 15) is 4.79 Å². The third-order valence-electron chi connectivity index (χ3n) is 3.39. The zero-order valence-electron chi connectivity index (χ0n) is 10.2. The lowest BCUT2D eigenvalue weighted by molar-refractivity contribution is -0.131. The van der Waals surface area contributed by atoms with Gasteiger partial charge in [0.1, 0.15) is 0 Å². The first-order chi connectivity index (χ1) is 8.08. The molecule has 0 fully saturated rings. The molecule has 1 atom stereocenters. The number of hydrogen-bond acceptors (Lipinski definition) is 2. The van der Waals surface area contributed by atoms with E-state index in [0.717, 1.165) is 18.4 Å². The van der Waals surface area contributed by atoms with Crippen molar-refractivity contribution in [2.45, 2.75) is 25.8 Å². The second kappa shape index (κ2) is 4.62. The zero-order chi connectivity index (χ0) is 12.4. The van der Waals surface area contributed by atoms with Crippen molar-refractivity contribution in [1.29, 1.82) is 0 Å². The van der Waals surface area contributed by atoms with Gasteiger partial charge in [-0.1, -0.05) is 6.07 Å². The molecule has 3 heteroatoms. The monoisotopic (exact) mass is 231 g/mol. The van der Waals surface area contributed by atoms with Crippen molar-refractivity contribution in [2.24, 2.45) is 0 Å². The van der Waals surface area contributed by atoms with Gasteiger partial charge in [-0.2, -0.15) is 0 Å². The maximum absolute atomic E-state index is 10.5. The number of carboxylic acid groups (broad SMARTS) is 1. The molecule has 0 saturated carbocycles. The van der Waals surface area contributed by atoms with Gasteiger partial charge in [0.25, 0.3) is 0 Å². The van der Waals surface area contributed by atoms with Crippen molar-refractivity contribution in [1.82, 2.24) is 0 Å². The van der Waals surface area contributed by atoms with Gasteiger partial charge in [0.05, 0.1) is 0 Å². The van der Waals surface area contributed by atoms with Crippen LogP contribution in [0, 0.1) is 0 Å². The number of anilines is 1.